The van der Waals surface area contributed by atoms with Gasteiger partial charge in [-0.05, 0) is 57.8 Å². The molecule has 0 aromatic carbocycles. The molecule has 0 heterocycles. The van der Waals surface area contributed by atoms with Crippen LogP contribution in [0.4, 0.5) is 0 Å². The Morgan fingerprint density at radius 3 is 1.13 bits per heavy atom. The highest BCUT2D eigenvalue weighted by Crippen LogP contribution is 2.43. The lowest BCUT2D eigenvalue weighted by atomic mass is 10.0. The zero-order valence-corrected chi connectivity index (χ0v) is 50.7. The zero-order chi connectivity index (χ0) is 54.9. The molecule has 0 saturated carbocycles. The van der Waals surface area contributed by atoms with E-state index < -0.39 is 26.5 Å². The first-order valence-electron chi connectivity index (χ1n) is 31.5. The molecule has 0 spiro atoms. The fraction of sp³-hybridized carbons (Fsp3) is 0.815. The number of likely N-dealkylation sites (N-methyl/N-ethyl adjacent to an activating group) is 1. The highest BCUT2D eigenvalue weighted by atomic mass is 31.2. The second-order valence-electron chi connectivity index (χ2n) is 22.4. The Bertz CT molecular complexity index is 1450. The molecule has 2 unspecified atom stereocenters. The summed E-state index contributed by atoms with van der Waals surface area (Å²) in [6.45, 7) is 4.33. The molecule has 1 N–H and O–H groups in total. The monoisotopic (exact) mass is 1070 g/mol. The molecular weight excluding hydrogens is 954 g/mol. The van der Waals surface area contributed by atoms with Gasteiger partial charge in [0.25, 0.3) is 0 Å². The van der Waals surface area contributed by atoms with Gasteiger partial charge in [0.15, 0.2) is 6.10 Å². The first-order valence-corrected chi connectivity index (χ1v) is 33.0. The second kappa shape index (κ2) is 56.4. The van der Waals surface area contributed by atoms with Crippen LogP contribution in [0.2, 0.25) is 0 Å². The summed E-state index contributed by atoms with van der Waals surface area (Å²) in [4.78, 5) is 35.7. The summed E-state index contributed by atoms with van der Waals surface area (Å²) >= 11 is 0. The molecule has 75 heavy (non-hydrogen) atoms. The van der Waals surface area contributed by atoms with E-state index >= 15 is 0 Å². The summed E-state index contributed by atoms with van der Waals surface area (Å²) in [5.74, 6) is -0.810. The molecule has 2 atom stereocenters. The Morgan fingerprint density at radius 2 is 0.760 bits per heavy atom. The molecule has 0 aliphatic heterocycles. The molecule has 0 fully saturated rings. The van der Waals surface area contributed by atoms with Crippen LogP contribution < -0.4 is 0 Å². The van der Waals surface area contributed by atoms with Crippen molar-refractivity contribution in [3.05, 3.63) is 60.8 Å². The Labute approximate surface area is 464 Å². The van der Waals surface area contributed by atoms with Crippen molar-refractivity contribution in [3.63, 3.8) is 0 Å². The number of nitrogens with zero attached hydrogens (tertiary/aromatic N) is 1. The second-order valence-corrected chi connectivity index (χ2v) is 23.9. The molecule has 0 rings (SSSR count). The first-order chi connectivity index (χ1) is 36.5. The molecule has 0 aliphatic rings. The van der Waals surface area contributed by atoms with Crippen molar-refractivity contribution in [3.8, 4) is 0 Å². The van der Waals surface area contributed by atoms with Crippen molar-refractivity contribution in [2.45, 2.75) is 296 Å². The van der Waals surface area contributed by atoms with Gasteiger partial charge in [-0.3, -0.25) is 18.6 Å². The number of esters is 2. The maximum atomic E-state index is 12.8. The third kappa shape index (κ3) is 60.8. The number of phosphoric acid groups is 1. The number of allylic oxidation sites excluding steroid dienone is 10. The van der Waals surface area contributed by atoms with Crippen molar-refractivity contribution < 1.29 is 42.1 Å². The van der Waals surface area contributed by atoms with E-state index in [0.717, 1.165) is 83.5 Å². The number of carbonyl (C=O) groups is 2. The van der Waals surface area contributed by atoms with Crippen molar-refractivity contribution in [2.75, 3.05) is 47.5 Å². The zero-order valence-electron chi connectivity index (χ0n) is 49.8. The van der Waals surface area contributed by atoms with Gasteiger partial charge in [-0.15, -0.1) is 0 Å². The third-order valence-electron chi connectivity index (χ3n) is 13.8. The van der Waals surface area contributed by atoms with E-state index in [0.29, 0.717) is 17.4 Å². The molecule has 0 aliphatic carbocycles. The van der Waals surface area contributed by atoms with Gasteiger partial charge in [0.05, 0.1) is 27.7 Å². The van der Waals surface area contributed by atoms with E-state index in [2.05, 4.69) is 74.6 Å². The van der Waals surface area contributed by atoms with Gasteiger partial charge in [-0.1, -0.05) is 280 Å². The van der Waals surface area contributed by atoms with Crippen molar-refractivity contribution >= 4 is 19.8 Å². The van der Waals surface area contributed by atoms with Crippen LogP contribution in [0.15, 0.2) is 60.8 Å². The average molecular weight is 1080 g/mol. The molecule has 0 saturated heterocycles. The number of phosphoric ester groups is 1. The van der Waals surface area contributed by atoms with Crippen molar-refractivity contribution in [1.29, 1.82) is 0 Å². The number of carbonyl (C=O) groups excluding carboxylic acids is 2. The minimum absolute atomic E-state index is 0.0265. The lowest BCUT2D eigenvalue weighted by molar-refractivity contribution is -0.870. The highest BCUT2D eigenvalue weighted by molar-refractivity contribution is 7.47. The lowest BCUT2D eigenvalue weighted by Crippen LogP contribution is -2.37. The van der Waals surface area contributed by atoms with Crippen LogP contribution in [0.25, 0.3) is 0 Å². The number of rotatable bonds is 58. The van der Waals surface area contributed by atoms with Gasteiger partial charge in [0.1, 0.15) is 19.8 Å². The van der Waals surface area contributed by atoms with Crippen LogP contribution in [0.1, 0.15) is 290 Å². The fourth-order valence-electron chi connectivity index (χ4n) is 8.99. The molecular formula is C65H121NO8P+. The number of quaternary nitrogens is 1. The summed E-state index contributed by atoms with van der Waals surface area (Å²) in [5, 5.41) is 0. The summed E-state index contributed by atoms with van der Waals surface area (Å²) in [6, 6.07) is 0. The third-order valence-corrected chi connectivity index (χ3v) is 14.8. The van der Waals surface area contributed by atoms with E-state index in [1.165, 1.54) is 173 Å². The SMILES string of the molecule is CC/C=C\C/C=C\C/C=C\C/C=C\C/C=C\CCCCCCCC(=O)OC(COC(=O)CCCCCCCCCCCCCCCCCCCCCCCCCCCCCCCC)COP(=O)(O)OCC[N+](C)(C)C. The summed E-state index contributed by atoms with van der Waals surface area (Å²) in [5.41, 5.74) is 0. The van der Waals surface area contributed by atoms with Crippen LogP contribution in [0.3, 0.4) is 0 Å². The molecule has 0 amide bonds. The van der Waals surface area contributed by atoms with Gasteiger partial charge in [0.2, 0.25) is 0 Å². The van der Waals surface area contributed by atoms with Gasteiger partial charge < -0.3 is 18.9 Å². The fourth-order valence-corrected chi connectivity index (χ4v) is 9.73. The predicted octanol–water partition coefficient (Wildman–Crippen LogP) is 19.9. The van der Waals surface area contributed by atoms with Crippen molar-refractivity contribution in [2.24, 2.45) is 0 Å². The molecule has 10 heteroatoms. The maximum Gasteiger partial charge on any atom is 0.472 e. The van der Waals surface area contributed by atoms with Crippen LogP contribution in [-0.2, 0) is 32.7 Å². The average Bonchev–Trinajstić information content (AvgIpc) is 3.37. The van der Waals surface area contributed by atoms with E-state index in [1.807, 2.05) is 21.1 Å². The number of ether oxygens (including phenoxy) is 2. The predicted molar refractivity (Wildman–Crippen MR) is 321 cm³/mol. The Balaban J connectivity index is 4.07. The summed E-state index contributed by atoms with van der Waals surface area (Å²) in [7, 11) is 1.47. The highest BCUT2D eigenvalue weighted by Gasteiger charge is 2.27. The van der Waals surface area contributed by atoms with E-state index in [-0.39, 0.29) is 32.0 Å². The first kappa shape index (κ1) is 72.7. The molecule has 0 bridgehead atoms. The van der Waals surface area contributed by atoms with Gasteiger partial charge in [-0.25, -0.2) is 4.57 Å². The molecule has 0 aromatic heterocycles. The van der Waals surface area contributed by atoms with Gasteiger partial charge in [0, 0.05) is 12.8 Å². The summed E-state index contributed by atoms with van der Waals surface area (Å²) in [6.07, 6.45) is 73.1. The number of unbranched alkanes of at least 4 members (excludes halogenated alkanes) is 34. The molecule has 9 nitrogen and oxygen atoms in total. The standard InChI is InChI=1S/C65H120NO8P/c1-6-8-10-12-14-16-18-20-22-24-26-28-29-30-31-32-33-34-35-36-38-39-41-43-45-47-49-51-53-55-57-64(67)71-61-63(62-73-75(69,70)72-60-59-66(3,4)5)74-65(68)58-56-54-52-50-48-46-44-42-40-37-27-25-23-21-19-17-15-13-11-9-7-2/h9,11,15,17,21,23,27,37,42,44,63H,6-8,10,12-14,16,18-20,22,24-26,28-36,38-41,43,45-62H2,1-5H3/p+1/b11-9-,17-15-,23-21-,37-27-,44-42-. The maximum absolute atomic E-state index is 12.8. The topological polar surface area (TPSA) is 108 Å². The van der Waals surface area contributed by atoms with Crippen LogP contribution in [0, 0.1) is 0 Å². The minimum atomic E-state index is -4.39. The Hall–Kier alpha value is -2.29. The van der Waals surface area contributed by atoms with E-state index in [4.69, 9.17) is 18.5 Å². The summed E-state index contributed by atoms with van der Waals surface area (Å²) < 4.78 is 34.6. The van der Waals surface area contributed by atoms with Crippen LogP contribution in [-0.4, -0.2) is 74.9 Å². The molecule has 0 radical (unpaired) electrons. The Morgan fingerprint density at radius 1 is 0.427 bits per heavy atom. The van der Waals surface area contributed by atoms with E-state index in [9.17, 15) is 19.0 Å². The largest absolute Gasteiger partial charge is 0.472 e. The quantitative estimate of drug-likeness (QED) is 0.0211. The van der Waals surface area contributed by atoms with Crippen LogP contribution in [0.5, 0.6) is 0 Å². The smallest absolute Gasteiger partial charge is 0.462 e. The van der Waals surface area contributed by atoms with E-state index in [1.54, 1.807) is 0 Å². The minimum Gasteiger partial charge on any atom is -0.462 e. The van der Waals surface area contributed by atoms with Crippen molar-refractivity contribution in [1.82, 2.24) is 0 Å². The van der Waals surface area contributed by atoms with Gasteiger partial charge in [-0.2, -0.15) is 0 Å². The molecule has 438 valence electrons. The number of hydrogen-bond acceptors (Lipinski definition) is 7. The Kier molecular flexibility index (Phi) is 54.7. The normalized spacial score (nSPS) is 13.6. The van der Waals surface area contributed by atoms with Crippen LogP contribution >= 0.6 is 7.82 Å². The van der Waals surface area contributed by atoms with Gasteiger partial charge >= 0.3 is 19.8 Å². The molecule has 0 aromatic rings. The lowest BCUT2D eigenvalue weighted by Gasteiger charge is -2.24. The number of hydrogen-bond donors (Lipinski definition) is 1.